The maximum atomic E-state index is 13.2. The highest BCUT2D eigenvalue weighted by atomic mass is 32.1. The molecule has 1 aromatic heterocycles. The lowest BCUT2D eigenvalue weighted by atomic mass is 10.2. The lowest BCUT2D eigenvalue weighted by Crippen LogP contribution is -2.34. The first-order valence-electron chi connectivity index (χ1n) is 7.86. The van der Waals surface area contributed by atoms with E-state index in [1.165, 1.54) is 23.5 Å². The third kappa shape index (κ3) is 4.53. The number of hydrogen-bond acceptors (Lipinski definition) is 5. The van der Waals surface area contributed by atoms with Crippen LogP contribution in [0.5, 0.6) is 5.75 Å². The molecule has 0 saturated carbocycles. The maximum absolute atomic E-state index is 13.2. The molecule has 2 N–H and O–H groups in total. The minimum atomic E-state index is -0.358. The summed E-state index contributed by atoms with van der Waals surface area (Å²) in [7, 11) is 0. The summed E-state index contributed by atoms with van der Waals surface area (Å²) in [6.45, 7) is 3.82. The first-order valence-corrected chi connectivity index (χ1v) is 9.08. The molecule has 8 heteroatoms. The van der Waals surface area contributed by atoms with Crippen LogP contribution in [0.15, 0.2) is 42.5 Å². The molecule has 0 aliphatic rings. The summed E-state index contributed by atoms with van der Waals surface area (Å²) >= 11 is 6.41. The van der Waals surface area contributed by atoms with Crippen molar-refractivity contribution in [1.29, 1.82) is 0 Å². The van der Waals surface area contributed by atoms with Crippen LogP contribution in [0.4, 0.5) is 9.52 Å². The van der Waals surface area contributed by atoms with E-state index in [0.717, 1.165) is 0 Å². The molecule has 0 radical (unpaired) electrons. The van der Waals surface area contributed by atoms with Gasteiger partial charge in [0.2, 0.25) is 0 Å². The molecule has 134 valence electrons. The van der Waals surface area contributed by atoms with Crippen molar-refractivity contribution in [2.75, 3.05) is 5.32 Å². The number of nitrogens with zero attached hydrogens (tertiary/aromatic N) is 1. The summed E-state index contributed by atoms with van der Waals surface area (Å²) in [6.07, 6.45) is 0.0138. The average Bonchev–Trinajstić information content (AvgIpc) is 2.95. The van der Waals surface area contributed by atoms with Crippen LogP contribution in [0, 0.1) is 5.82 Å². The van der Waals surface area contributed by atoms with Crippen LogP contribution >= 0.6 is 23.6 Å². The lowest BCUT2D eigenvalue weighted by molar-refractivity contribution is 0.0977. The number of benzene rings is 2. The van der Waals surface area contributed by atoms with E-state index < -0.39 is 0 Å². The molecule has 0 atom stereocenters. The Morgan fingerprint density at radius 3 is 2.85 bits per heavy atom. The van der Waals surface area contributed by atoms with E-state index >= 15 is 0 Å². The Labute approximate surface area is 159 Å². The van der Waals surface area contributed by atoms with Gasteiger partial charge in [-0.15, -0.1) is 0 Å². The molecule has 1 amide bonds. The number of hydrogen-bond donors (Lipinski definition) is 2. The van der Waals surface area contributed by atoms with E-state index in [4.69, 9.17) is 17.0 Å². The Morgan fingerprint density at radius 1 is 1.27 bits per heavy atom. The summed E-state index contributed by atoms with van der Waals surface area (Å²) in [5.41, 5.74) is 1.09. The quantitative estimate of drug-likeness (QED) is 0.650. The highest BCUT2D eigenvalue weighted by Gasteiger charge is 2.11. The molecule has 1 heterocycles. The Hall–Kier alpha value is -2.58. The number of carbonyl (C=O) groups excluding carboxylic acids is 1. The first-order chi connectivity index (χ1) is 12.4. The molecule has 0 unspecified atom stereocenters. The van der Waals surface area contributed by atoms with Crippen molar-refractivity contribution in [2.45, 2.75) is 20.0 Å². The van der Waals surface area contributed by atoms with Gasteiger partial charge in [0.25, 0.3) is 5.91 Å². The fourth-order valence-corrected chi connectivity index (χ4v) is 3.39. The van der Waals surface area contributed by atoms with Gasteiger partial charge in [-0.25, -0.2) is 9.37 Å². The average molecular weight is 389 g/mol. The van der Waals surface area contributed by atoms with Gasteiger partial charge in [-0.3, -0.25) is 10.1 Å². The Bertz CT molecular complexity index is 972. The van der Waals surface area contributed by atoms with Gasteiger partial charge in [0.15, 0.2) is 10.2 Å². The lowest BCUT2D eigenvalue weighted by Gasteiger charge is -2.11. The number of carbonyl (C=O) groups is 1. The summed E-state index contributed by atoms with van der Waals surface area (Å²) in [4.78, 5) is 16.6. The van der Waals surface area contributed by atoms with Crippen molar-refractivity contribution < 1.29 is 13.9 Å². The second-order valence-corrected chi connectivity index (χ2v) is 7.17. The Kier molecular flexibility index (Phi) is 5.43. The third-order valence-corrected chi connectivity index (χ3v) is 4.40. The minimum absolute atomic E-state index is 0.0138. The van der Waals surface area contributed by atoms with E-state index in [2.05, 4.69) is 15.6 Å². The van der Waals surface area contributed by atoms with E-state index in [1.54, 1.807) is 30.3 Å². The normalized spacial score (nSPS) is 10.8. The fraction of sp³-hybridized carbons (Fsp3) is 0.167. The van der Waals surface area contributed by atoms with Crippen LogP contribution < -0.4 is 15.4 Å². The highest BCUT2D eigenvalue weighted by Crippen LogP contribution is 2.26. The molecule has 26 heavy (non-hydrogen) atoms. The van der Waals surface area contributed by atoms with Crippen molar-refractivity contribution in [3.05, 3.63) is 53.8 Å². The second-order valence-electron chi connectivity index (χ2n) is 5.73. The summed E-state index contributed by atoms with van der Waals surface area (Å²) in [5, 5.41) is 6.05. The molecule has 2 aromatic carbocycles. The predicted octanol–water partition coefficient (Wildman–Crippen LogP) is 4.35. The second kappa shape index (κ2) is 7.76. The zero-order valence-electron chi connectivity index (χ0n) is 14.1. The number of fused-ring (bicyclic) bond motifs is 1. The fourth-order valence-electron chi connectivity index (χ4n) is 2.24. The molecule has 0 aliphatic heterocycles. The highest BCUT2D eigenvalue weighted by molar-refractivity contribution is 7.80. The van der Waals surface area contributed by atoms with Crippen molar-refractivity contribution in [1.82, 2.24) is 10.3 Å². The van der Waals surface area contributed by atoms with Crippen LogP contribution in [0.3, 0.4) is 0 Å². The van der Waals surface area contributed by atoms with Gasteiger partial charge in [-0.2, -0.15) is 0 Å². The van der Waals surface area contributed by atoms with Crippen LogP contribution in [-0.2, 0) is 0 Å². The van der Waals surface area contributed by atoms with Gasteiger partial charge in [0, 0.05) is 5.56 Å². The van der Waals surface area contributed by atoms with Gasteiger partial charge in [-0.1, -0.05) is 17.4 Å². The van der Waals surface area contributed by atoms with Crippen molar-refractivity contribution >= 4 is 49.9 Å². The molecule has 0 bridgehead atoms. The van der Waals surface area contributed by atoms with Crippen LogP contribution in [0.25, 0.3) is 10.2 Å². The molecule has 5 nitrogen and oxygen atoms in total. The number of anilines is 1. The zero-order valence-corrected chi connectivity index (χ0v) is 15.7. The number of aromatic nitrogens is 1. The van der Waals surface area contributed by atoms with Gasteiger partial charge in [-0.05, 0) is 62.5 Å². The number of thiazole rings is 1. The molecule has 0 saturated heterocycles. The molecular weight excluding hydrogens is 373 g/mol. The van der Waals surface area contributed by atoms with Gasteiger partial charge >= 0.3 is 0 Å². The molecular formula is C18H16FN3O2S2. The van der Waals surface area contributed by atoms with Crippen molar-refractivity contribution in [3.8, 4) is 5.75 Å². The number of nitrogens with one attached hydrogen (secondary N) is 2. The van der Waals surface area contributed by atoms with Crippen molar-refractivity contribution in [2.24, 2.45) is 0 Å². The number of halogens is 1. The third-order valence-electron chi connectivity index (χ3n) is 3.27. The van der Waals surface area contributed by atoms with Crippen LogP contribution in [0.2, 0.25) is 0 Å². The summed E-state index contributed by atoms with van der Waals surface area (Å²) in [6, 6.07) is 11.2. The molecule has 0 spiro atoms. The zero-order chi connectivity index (χ0) is 18.7. The van der Waals surface area contributed by atoms with Gasteiger partial charge in [0.1, 0.15) is 11.6 Å². The van der Waals surface area contributed by atoms with E-state index in [9.17, 15) is 9.18 Å². The maximum Gasteiger partial charge on any atom is 0.257 e. The van der Waals surface area contributed by atoms with Gasteiger partial charge < -0.3 is 10.1 Å². The predicted molar refractivity (Wildman–Crippen MR) is 105 cm³/mol. The monoisotopic (exact) mass is 389 g/mol. The first kappa shape index (κ1) is 18.2. The summed E-state index contributed by atoms with van der Waals surface area (Å²) in [5.74, 6) is -0.0735. The van der Waals surface area contributed by atoms with Gasteiger partial charge in [0.05, 0.1) is 16.3 Å². The minimum Gasteiger partial charge on any atom is -0.491 e. The van der Waals surface area contributed by atoms with Crippen molar-refractivity contribution in [3.63, 3.8) is 0 Å². The Balaban J connectivity index is 1.66. The molecule has 3 rings (SSSR count). The van der Waals surface area contributed by atoms with Crippen LogP contribution in [0.1, 0.15) is 24.2 Å². The standard InChI is InChI=1S/C18H16FN3O2S2/c1-10(2)24-13-5-3-4-11(8-13)16(23)21-17(25)22-18-20-14-7-6-12(19)9-15(14)26-18/h3-10H,1-2H3,(H2,20,21,22,23,25). The smallest absolute Gasteiger partial charge is 0.257 e. The van der Waals surface area contributed by atoms with E-state index in [0.29, 0.717) is 26.7 Å². The SMILES string of the molecule is CC(C)Oc1cccc(C(=O)NC(=S)Nc2nc3ccc(F)cc3s2)c1. The molecule has 3 aromatic rings. The number of thiocarbonyl (C=S) groups is 1. The molecule has 0 aliphatic carbocycles. The molecule has 0 fully saturated rings. The number of rotatable bonds is 4. The van der Waals surface area contributed by atoms with E-state index in [-0.39, 0.29) is 22.9 Å². The number of ether oxygens (including phenoxy) is 1. The topological polar surface area (TPSA) is 63.2 Å². The summed E-state index contributed by atoms with van der Waals surface area (Å²) < 4.78 is 19.5. The Morgan fingerprint density at radius 2 is 2.08 bits per heavy atom. The largest absolute Gasteiger partial charge is 0.491 e. The van der Waals surface area contributed by atoms with Crippen LogP contribution in [-0.4, -0.2) is 22.1 Å². The van der Waals surface area contributed by atoms with E-state index in [1.807, 2.05) is 13.8 Å². The number of amides is 1.